The Bertz CT molecular complexity index is 1250. The minimum atomic E-state index is -0.0799. The fourth-order valence-corrected chi connectivity index (χ4v) is 4.92. The first-order valence-corrected chi connectivity index (χ1v) is 12.6. The number of rotatable bonds is 7. The minimum absolute atomic E-state index is 0.0799. The summed E-state index contributed by atoms with van der Waals surface area (Å²) in [6, 6.07) is 26.4. The van der Waals surface area contributed by atoms with Crippen molar-refractivity contribution in [1.82, 2.24) is 24.9 Å². The summed E-state index contributed by atoms with van der Waals surface area (Å²) >= 11 is 0. The van der Waals surface area contributed by atoms with Crippen LogP contribution >= 0.6 is 0 Å². The summed E-state index contributed by atoms with van der Waals surface area (Å²) in [6.45, 7) is 6.69. The maximum atomic E-state index is 13.8. The van der Waals surface area contributed by atoms with Crippen LogP contribution < -0.4 is 4.90 Å². The van der Waals surface area contributed by atoms with E-state index in [-0.39, 0.29) is 11.8 Å². The number of hydrogen-bond acceptors (Lipinski definition) is 5. The zero-order valence-corrected chi connectivity index (χ0v) is 20.9. The van der Waals surface area contributed by atoms with Gasteiger partial charge in [0.25, 0.3) is 0 Å². The van der Waals surface area contributed by atoms with Gasteiger partial charge in [-0.15, -0.1) is 10.2 Å². The van der Waals surface area contributed by atoms with Crippen molar-refractivity contribution in [2.24, 2.45) is 5.92 Å². The predicted octanol–water partition coefficient (Wildman–Crippen LogP) is 4.72. The number of nitrogens with zero attached hydrogens (tertiary/aromatic N) is 6. The van der Waals surface area contributed by atoms with Crippen LogP contribution in [0.4, 0.5) is 5.82 Å². The lowest BCUT2D eigenvalue weighted by atomic mass is 9.96. The third-order valence-corrected chi connectivity index (χ3v) is 6.70. The molecular formula is C29H32N6O. The van der Waals surface area contributed by atoms with Gasteiger partial charge < -0.3 is 9.80 Å². The molecule has 0 radical (unpaired) electrons. The van der Waals surface area contributed by atoms with Gasteiger partial charge in [-0.2, -0.15) is 5.10 Å². The topological polar surface area (TPSA) is 67.2 Å². The molecule has 184 valence electrons. The van der Waals surface area contributed by atoms with Crippen LogP contribution in [0.2, 0.25) is 0 Å². The van der Waals surface area contributed by atoms with Gasteiger partial charge in [0.15, 0.2) is 11.6 Å². The number of hydrogen-bond donors (Lipinski definition) is 0. The molecule has 3 heterocycles. The largest absolute Gasteiger partial charge is 0.354 e. The maximum Gasteiger partial charge on any atom is 0.228 e. The van der Waals surface area contributed by atoms with E-state index >= 15 is 0 Å². The van der Waals surface area contributed by atoms with E-state index in [1.165, 1.54) is 0 Å². The van der Waals surface area contributed by atoms with Crippen LogP contribution in [0.3, 0.4) is 0 Å². The smallest absolute Gasteiger partial charge is 0.228 e. The average Bonchev–Trinajstić information content (AvgIpc) is 3.27. The third-order valence-electron chi connectivity index (χ3n) is 6.70. The molecule has 1 fully saturated rings. The Labute approximate surface area is 212 Å². The Morgan fingerprint density at radius 3 is 2.06 bits per heavy atom. The second-order valence-electron chi connectivity index (χ2n) is 9.54. The molecular weight excluding hydrogens is 448 g/mol. The highest BCUT2D eigenvalue weighted by molar-refractivity contribution is 5.79. The predicted molar refractivity (Wildman–Crippen MR) is 141 cm³/mol. The van der Waals surface area contributed by atoms with Crippen molar-refractivity contribution in [2.75, 3.05) is 18.0 Å². The van der Waals surface area contributed by atoms with Crippen LogP contribution in [0.15, 0.2) is 78.9 Å². The molecule has 4 aromatic rings. The van der Waals surface area contributed by atoms with E-state index in [0.29, 0.717) is 25.5 Å². The van der Waals surface area contributed by atoms with Crippen molar-refractivity contribution in [3.05, 3.63) is 101 Å². The van der Waals surface area contributed by atoms with E-state index in [9.17, 15) is 4.79 Å². The lowest BCUT2D eigenvalue weighted by Gasteiger charge is -2.35. The minimum Gasteiger partial charge on any atom is -0.354 e. The summed E-state index contributed by atoms with van der Waals surface area (Å²) in [5.41, 5.74) is 4.25. The fraction of sp³-hybridized carbons (Fsp3) is 0.310. The van der Waals surface area contributed by atoms with E-state index in [0.717, 1.165) is 47.7 Å². The second kappa shape index (κ2) is 10.7. The molecule has 1 saturated heterocycles. The van der Waals surface area contributed by atoms with Gasteiger partial charge in [0, 0.05) is 31.9 Å². The van der Waals surface area contributed by atoms with Crippen molar-refractivity contribution in [3.8, 4) is 5.82 Å². The number of piperidine rings is 1. The van der Waals surface area contributed by atoms with Gasteiger partial charge in [0.2, 0.25) is 5.91 Å². The summed E-state index contributed by atoms with van der Waals surface area (Å²) in [6.07, 6.45) is 1.83. The van der Waals surface area contributed by atoms with Crippen molar-refractivity contribution in [3.63, 3.8) is 0 Å². The van der Waals surface area contributed by atoms with Crippen molar-refractivity contribution in [1.29, 1.82) is 0 Å². The second-order valence-corrected chi connectivity index (χ2v) is 9.54. The Kier molecular flexibility index (Phi) is 7.07. The number of aryl methyl sites for hydroxylation is 2. The van der Waals surface area contributed by atoms with E-state index in [2.05, 4.69) is 44.5 Å². The van der Waals surface area contributed by atoms with Crippen LogP contribution in [0.5, 0.6) is 0 Å². The van der Waals surface area contributed by atoms with Gasteiger partial charge in [-0.1, -0.05) is 60.7 Å². The van der Waals surface area contributed by atoms with Crippen LogP contribution in [0.25, 0.3) is 5.82 Å². The summed E-state index contributed by atoms with van der Waals surface area (Å²) in [5.74, 6) is 1.62. The molecule has 1 atom stereocenters. The third kappa shape index (κ3) is 5.46. The molecule has 7 nitrogen and oxygen atoms in total. The van der Waals surface area contributed by atoms with Crippen molar-refractivity contribution < 1.29 is 4.79 Å². The van der Waals surface area contributed by atoms with E-state index in [4.69, 9.17) is 0 Å². The highest BCUT2D eigenvalue weighted by atomic mass is 16.2. The van der Waals surface area contributed by atoms with Gasteiger partial charge >= 0.3 is 0 Å². The lowest BCUT2D eigenvalue weighted by molar-refractivity contribution is -0.137. The quantitative estimate of drug-likeness (QED) is 0.383. The molecule has 7 heteroatoms. The number of carbonyl (C=O) groups is 1. The molecule has 1 unspecified atom stereocenters. The molecule has 0 aliphatic carbocycles. The summed E-state index contributed by atoms with van der Waals surface area (Å²) in [4.78, 5) is 18.0. The molecule has 1 amide bonds. The molecule has 0 spiro atoms. The highest BCUT2D eigenvalue weighted by Crippen LogP contribution is 2.25. The number of benzene rings is 2. The molecule has 2 aromatic heterocycles. The van der Waals surface area contributed by atoms with Gasteiger partial charge in [0.05, 0.1) is 11.6 Å². The molecule has 0 bridgehead atoms. The van der Waals surface area contributed by atoms with Gasteiger partial charge in [0.1, 0.15) is 0 Å². The number of carbonyl (C=O) groups excluding carboxylic acids is 1. The van der Waals surface area contributed by atoms with Crippen LogP contribution in [0, 0.1) is 19.8 Å². The van der Waals surface area contributed by atoms with Gasteiger partial charge in [-0.05, 0) is 56.0 Å². The van der Waals surface area contributed by atoms with Gasteiger partial charge in [-0.25, -0.2) is 4.68 Å². The maximum absolute atomic E-state index is 13.8. The van der Waals surface area contributed by atoms with Crippen molar-refractivity contribution >= 4 is 11.7 Å². The summed E-state index contributed by atoms with van der Waals surface area (Å²) < 4.78 is 1.81. The number of aromatic nitrogens is 4. The average molecular weight is 481 g/mol. The molecule has 5 rings (SSSR count). The number of amides is 1. The fourth-order valence-electron chi connectivity index (χ4n) is 4.92. The Morgan fingerprint density at radius 2 is 1.50 bits per heavy atom. The number of anilines is 1. The van der Waals surface area contributed by atoms with E-state index in [1.54, 1.807) is 4.68 Å². The molecule has 1 aliphatic rings. The van der Waals surface area contributed by atoms with Crippen LogP contribution in [-0.4, -0.2) is 43.9 Å². The Morgan fingerprint density at radius 1 is 0.889 bits per heavy atom. The lowest BCUT2D eigenvalue weighted by Crippen LogP contribution is -2.44. The molecule has 2 aromatic carbocycles. The first-order chi connectivity index (χ1) is 17.6. The monoisotopic (exact) mass is 480 g/mol. The Balaban J connectivity index is 1.31. The van der Waals surface area contributed by atoms with Gasteiger partial charge in [-0.3, -0.25) is 4.79 Å². The molecule has 36 heavy (non-hydrogen) atoms. The van der Waals surface area contributed by atoms with E-state index < -0.39 is 0 Å². The van der Waals surface area contributed by atoms with Crippen LogP contribution in [-0.2, 0) is 17.9 Å². The van der Waals surface area contributed by atoms with Crippen molar-refractivity contribution in [2.45, 2.75) is 39.8 Å². The standard InChI is InChI=1S/C29H32N6O/c1-22-18-23(2)35(32-22)28-16-15-27(30-31-28)33-17-9-14-26(21-33)29(36)34(19-24-10-5-3-6-11-24)20-25-12-7-4-8-13-25/h3-8,10-13,15-16,18,26H,9,14,17,19-21H2,1-2H3. The summed E-state index contributed by atoms with van der Waals surface area (Å²) in [5, 5.41) is 13.4. The zero-order valence-electron chi connectivity index (χ0n) is 20.9. The first-order valence-electron chi connectivity index (χ1n) is 12.6. The van der Waals surface area contributed by atoms with Crippen LogP contribution in [0.1, 0.15) is 35.4 Å². The SMILES string of the molecule is Cc1cc(C)n(-c2ccc(N3CCCC(C(=O)N(Cc4ccccc4)Cc4ccccc4)C3)nn2)n1. The first kappa shape index (κ1) is 23.7. The zero-order chi connectivity index (χ0) is 24.9. The molecule has 0 N–H and O–H groups in total. The normalized spacial score (nSPS) is 15.6. The molecule has 0 saturated carbocycles. The highest BCUT2D eigenvalue weighted by Gasteiger charge is 2.30. The Hall–Kier alpha value is -4.00. The summed E-state index contributed by atoms with van der Waals surface area (Å²) in [7, 11) is 0. The molecule has 1 aliphatic heterocycles. The van der Waals surface area contributed by atoms with E-state index in [1.807, 2.05) is 73.3 Å².